The Morgan fingerprint density at radius 1 is 0.274 bits per heavy atom. The van der Waals surface area contributed by atoms with Crippen molar-refractivity contribution >= 4 is 17.6 Å². The molecule has 0 aliphatic carbocycles. The van der Waals surface area contributed by atoms with E-state index in [1.54, 1.807) is 0 Å². The van der Waals surface area contributed by atoms with Gasteiger partial charge in [0, 0.05) is 0 Å². The van der Waals surface area contributed by atoms with Crippen LogP contribution in [0.2, 0.25) is 25.2 Å². The Hall–Kier alpha value is 0.354. The molecular formula is C58H122O2Si2. The van der Waals surface area contributed by atoms with Gasteiger partial charge in [0.2, 0.25) is 0 Å². The molecule has 2 atom stereocenters. The number of hydrogen-bond acceptors (Lipinski definition) is 2. The molecule has 0 rings (SSSR count). The SMILES string of the molecule is CCCCCCCCCCCCCCCCCCCCCCCCCCCCCC[SiH](C)O[Si](C)(O)CCCCCCCCCCCCCCCCCCCCCCCCCC. The quantitative estimate of drug-likeness (QED) is 0.0487. The Morgan fingerprint density at radius 2 is 0.435 bits per heavy atom. The molecule has 2 unspecified atom stereocenters. The van der Waals surface area contributed by atoms with Crippen LogP contribution in [0.3, 0.4) is 0 Å². The second kappa shape index (κ2) is 54.0. The lowest BCUT2D eigenvalue weighted by Crippen LogP contribution is -2.39. The van der Waals surface area contributed by atoms with Crippen LogP contribution in [0.5, 0.6) is 0 Å². The van der Waals surface area contributed by atoms with Crippen LogP contribution < -0.4 is 0 Å². The van der Waals surface area contributed by atoms with Gasteiger partial charge < -0.3 is 8.91 Å². The molecule has 0 heterocycles. The van der Waals surface area contributed by atoms with E-state index in [9.17, 15) is 4.80 Å². The van der Waals surface area contributed by atoms with Crippen molar-refractivity contribution in [3.8, 4) is 0 Å². The molecule has 0 aromatic rings. The van der Waals surface area contributed by atoms with Gasteiger partial charge in [0.05, 0.1) is 0 Å². The predicted molar refractivity (Wildman–Crippen MR) is 289 cm³/mol. The lowest BCUT2D eigenvalue weighted by atomic mass is 10.0. The normalized spacial score (nSPS) is 13.3. The van der Waals surface area contributed by atoms with Crippen LogP contribution in [0, 0.1) is 0 Å². The van der Waals surface area contributed by atoms with E-state index in [1.807, 2.05) is 0 Å². The maximum Gasteiger partial charge on any atom is 0.321 e. The molecule has 2 nitrogen and oxygen atoms in total. The molecule has 4 heteroatoms. The fourth-order valence-corrected chi connectivity index (χ4v) is 16.2. The first-order valence-electron chi connectivity index (χ1n) is 29.9. The lowest BCUT2D eigenvalue weighted by Gasteiger charge is -2.25. The third kappa shape index (κ3) is 54.7. The summed E-state index contributed by atoms with van der Waals surface area (Å²) < 4.78 is 6.38. The summed E-state index contributed by atoms with van der Waals surface area (Å²) >= 11 is 0. The number of unbranched alkanes of at least 4 members (excludes halogenated alkanes) is 50. The summed E-state index contributed by atoms with van der Waals surface area (Å²) in [7, 11) is -3.67. The molecule has 0 amide bonds. The molecule has 0 bridgehead atoms. The Bertz CT molecular complexity index is 789. The minimum absolute atomic E-state index is 0.948. The van der Waals surface area contributed by atoms with E-state index in [2.05, 4.69) is 26.9 Å². The zero-order valence-electron chi connectivity index (χ0n) is 44.1. The second-order valence-corrected chi connectivity index (χ2v) is 27.3. The van der Waals surface area contributed by atoms with E-state index in [0.29, 0.717) is 0 Å². The van der Waals surface area contributed by atoms with Gasteiger partial charge in [0.15, 0.2) is 9.04 Å². The first-order chi connectivity index (χ1) is 30.5. The van der Waals surface area contributed by atoms with Crippen molar-refractivity contribution < 1.29 is 8.91 Å². The monoisotopic (exact) mass is 907 g/mol. The van der Waals surface area contributed by atoms with Gasteiger partial charge >= 0.3 is 8.56 Å². The van der Waals surface area contributed by atoms with Crippen molar-refractivity contribution in [2.75, 3.05) is 0 Å². The molecule has 0 spiro atoms. The maximum atomic E-state index is 11.0. The molecule has 0 aliphatic heterocycles. The average Bonchev–Trinajstić information content (AvgIpc) is 3.26. The standard InChI is InChI=1S/C58H122O2Si2/c1-5-7-9-11-13-15-17-19-21-23-25-27-29-31-32-33-34-35-37-39-41-43-45-47-49-51-53-55-57-61(3)60-62(4,59)58-56-54-52-50-48-46-44-42-40-38-36-30-28-26-24-22-20-18-16-14-12-10-8-6-2/h59,61H,5-58H2,1-4H3. The third-order valence-electron chi connectivity index (χ3n) is 14.4. The van der Waals surface area contributed by atoms with Gasteiger partial charge in [-0.25, -0.2) is 0 Å². The van der Waals surface area contributed by atoms with Crippen molar-refractivity contribution in [2.45, 2.75) is 373 Å². The van der Waals surface area contributed by atoms with Crippen LogP contribution in [0.25, 0.3) is 0 Å². The van der Waals surface area contributed by atoms with E-state index < -0.39 is 17.6 Å². The first-order valence-corrected chi connectivity index (χ1v) is 34.9. The number of rotatable bonds is 56. The van der Waals surface area contributed by atoms with E-state index >= 15 is 0 Å². The Morgan fingerprint density at radius 3 is 0.629 bits per heavy atom. The fourth-order valence-electron chi connectivity index (χ4n) is 10.1. The smallest absolute Gasteiger partial charge is 0.321 e. The Kier molecular flexibility index (Phi) is 54.3. The molecule has 0 saturated carbocycles. The molecule has 62 heavy (non-hydrogen) atoms. The minimum atomic E-state index is -2.45. The van der Waals surface area contributed by atoms with E-state index in [4.69, 9.17) is 4.12 Å². The summed E-state index contributed by atoms with van der Waals surface area (Å²) in [6, 6.07) is 2.20. The van der Waals surface area contributed by atoms with E-state index in [1.165, 1.54) is 340 Å². The molecule has 0 aromatic carbocycles. The van der Waals surface area contributed by atoms with Gasteiger partial charge in [-0.05, 0) is 25.2 Å². The molecule has 1 N–H and O–H groups in total. The van der Waals surface area contributed by atoms with Crippen LogP contribution in [0.1, 0.15) is 348 Å². The van der Waals surface area contributed by atoms with Crippen LogP contribution in [0.4, 0.5) is 0 Å². The third-order valence-corrected chi connectivity index (χ3v) is 20.6. The average molecular weight is 908 g/mol. The van der Waals surface area contributed by atoms with Crippen molar-refractivity contribution in [1.29, 1.82) is 0 Å². The maximum absolute atomic E-state index is 11.0. The van der Waals surface area contributed by atoms with Gasteiger partial charge in [0.25, 0.3) is 0 Å². The summed E-state index contributed by atoms with van der Waals surface area (Å²) in [5.41, 5.74) is 0. The second-order valence-electron chi connectivity index (χ2n) is 21.3. The molecule has 0 radical (unpaired) electrons. The van der Waals surface area contributed by atoms with E-state index in [-0.39, 0.29) is 0 Å². The summed E-state index contributed by atoms with van der Waals surface area (Å²) in [6.07, 6.45) is 75.0. The van der Waals surface area contributed by atoms with Crippen molar-refractivity contribution in [2.24, 2.45) is 0 Å². The summed E-state index contributed by atoms with van der Waals surface area (Å²) in [5, 5.41) is 0. The van der Waals surface area contributed by atoms with Crippen molar-refractivity contribution in [1.82, 2.24) is 0 Å². The van der Waals surface area contributed by atoms with Gasteiger partial charge in [-0.3, -0.25) is 0 Å². The summed E-state index contributed by atoms with van der Waals surface area (Å²) in [4.78, 5) is 11.0. The molecule has 0 saturated heterocycles. The first kappa shape index (κ1) is 62.4. The highest BCUT2D eigenvalue weighted by atomic mass is 28.4. The Labute approximate surface area is 397 Å². The van der Waals surface area contributed by atoms with Crippen LogP contribution in [0.15, 0.2) is 0 Å². The molecule has 0 aliphatic rings. The molecule has 0 aromatic heterocycles. The van der Waals surface area contributed by atoms with Crippen LogP contribution >= 0.6 is 0 Å². The predicted octanol–water partition coefficient (Wildman–Crippen LogP) is 21.7. The van der Waals surface area contributed by atoms with Crippen LogP contribution in [-0.2, 0) is 4.12 Å². The highest BCUT2D eigenvalue weighted by Gasteiger charge is 2.28. The summed E-state index contributed by atoms with van der Waals surface area (Å²) in [6.45, 7) is 9.02. The summed E-state index contributed by atoms with van der Waals surface area (Å²) in [5.74, 6) is 0. The lowest BCUT2D eigenvalue weighted by molar-refractivity contribution is 0.378. The highest BCUT2D eigenvalue weighted by Crippen LogP contribution is 2.21. The zero-order valence-corrected chi connectivity index (χ0v) is 46.3. The van der Waals surface area contributed by atoms with Gasteiger partial charge in [0.1, 0.15) is 0 Å². The zero-order chi connectivity index (χ0) is 45.0. The van der Waals surface area contributed by atoms with Crippen LogP contribution in [-0.4, -0.2) is 22.4 Å². The molecule has 0 fully saturated rings. The minimum Gasteiger partial charge on any atom is -0.439 e. The van der Waals surface area contributed by atoms with Crippen molar-refractivity contribution in [3.63, 3.8) is 0 Å². The molecular weight excluding hydrogens is 785 g/mol. The largest absolute Gasteiger partial charge is 0.439 e. The number of hydrogen-bond donors (Lipinski definition) is 1. The van der Waals surface area contributed by atoms with Crippen molar-refractivity contribution in [3.05, 3.63) is 0 Å². The fraction of sp³-hybridized carbons (Fsp3) is 1.00. The van der Waals surface area contributed by atoms with Gasteiger partial charge in [-0.1, -0.05) is 348 Å². The Balaban J connectivity index is 3.30. The topological polar surface area (TPSA) is 29.5 Å². The molecule has 374 valence electrons. The van der Waals surface area contributed by atoms with E-state index in [0.717, 1.165) is 6.04 Å². The highest BCUT2D eigenvalue weighted by molar-refractivity contribution is 6.73. The van der Waals surface area contributed by atoms with Gasteiger partial charge in [-0.15, -0.1) is 0 Å². The van der Waals surface area contributed by atoms with Gasteiger partial charge in [-0.2, -0.15) is 0 Å².